The summed E-state index contributed by atoms with van der Waals surface area (Å²) >= 11 is 37.0. The highest BCUT2D eigenvalue weighted by Gasteiger charge is 2.30. The zero-order chi connectivity index (χ0) is 82.2. The third kappa shape index (κ3) is 31.1. The van der Waals surface area contributed by atoms with Crippen molar-refractivity contribution in [2.45, 2.75) is 40.4 Å². The van der Waals surface area contributed by atoms with E-state index in [0.29, 0.717) is 107 Å². The molecule has 25 nitrogen and oxygen atoms in total. The Kier molecular flexibility index (Phi) is 36.7. The number of carbonyl (C=O) groups is 2. The second kappa shape index (κ2) is 47.1. The largest absolute Gasteiger partial charge is 0.497 e. The molecule has 35 heteroatoms. The van der Waals surface area contributed by atoms with Crippen molar-refractivity contribution in [3.05, 3.63) is 267 Å². The smallest absolute Gasteiger partial charge is 0.416 e. The standard InChI is InChI=1S/C20H17N3O3S.C15H14ClN3O3S.C15H14F3N3OS.C15H17N3O2S.C14H14ClN3OS/c24-19(25)16-8-6-15(7-9-16)18-11-10-17(26-18)13-22-23-20(27)21-12-14-4-2-1-3-5-14;1-2-17-15(23)19-18-8-10-4-6-13(22-10)9-3-5-11(14(20)21)12(16)7-9;1-2-19-14(23)21-20-9-12-7-8-13(22-12)10-3-5-11(6-4-10)15(16,17)18;1-3-16-15(21)18-17-10-13-8-9-14(20-13)11-4-6-12(19-2)7-5-11;1-2-16-14(20)18-17-9-12-6-7-13(19-12)10-4-3-5-11(15)8-10/h1-11,13H,12H2,(H,24,25)(H2,21,23,27);3-8H,2H2,1H3,(H,20,21)(H2,17,19,23);3-9H,2H2,1H3,(H2,19,21,23);4-10H,3H2,1-2H3,(H2,16,18,21);3-9H,2H2,1H3,(H2,16,18,20)/b22-13+;18-8-;20-9+;17-10+;17-9+. The zero-order valence-electron chi connectivity index (χ0n) is 61.4. The number of thiocarbonyl (C=S) groups is 5. The summed E-state index contributed by atoms with van der Waals surface area (Å²) < 4.78 is 70.8. The summed E-state index contributed by atoms with van der Waals surface area (Å²) in [5, 5.41) is 55.5. The number of furan rings is 5. The minimum atomic E-state index is -4.35. The number of carboxylic acids is 2. The van der Waals surface area contributed by atoms with Gasteiger partial charge in [-0.2, -0.15) is 38.7 Å². The maximum Gasteiger partial charge on any atom is 0.416 e. The van der Waals surface area contributed by atoms with Crippen LogP contribution in [0, 0.1) is 0 Å². The number of ether oxygens (including phenoxy) is 1. The molecule has 0 aliphatic rings. The van der Waals surface area contributed by atoms with Crippen LogP contribution in [0.25, 0.3) is 56.6 Å². The molecule has 0 fully saturated rings. The Labute approximate surface area is 690 Å². The van der Waals surface area contributed by atoms with Gasteiger partial charge in [0.05, 0.1) is 59.9 Å². The first-order chi connectivity index (χ1) is 54.9. The Morgan fingerprint density at radius 3 is 1.09 bits per heavy atom. The fraction of sp³-hybridized carbons (Fsp3) is 0.139. The van der Waals surface area contributed by atoms with Gasteiger partial charge in [0, 0.05) is 65.6 Å². The molecule has 0 aliphatic carbocycles. The van der Waals surface area contributed by atoms with E-state index >= 15 is 0 Å². The molecule has 12 N–H and O–H groups in total. The van der Waals surface area contributed by atoms with Gasteiger partial charge in [-0.1, -0.05) is 96.0 Å². The quantitative estimate of drug-likeness (QED) is 0.0152. The molecule has 0 radical (unpaired) electrons. The highest BCUT2D eigenvalue weighted by molar-refractivity contribution is 7.81. The van der Waals surface area contributed by atoms with Crippen LogP contribution in [0.5, 0.6) is 5.75 Å². The van der Waals surface area contributed by atoms with Crippen molar-refractivity contribution in [2.75, 3.05) is 33.3 Å². The number of methoxy groups -OCH3 is 1. The lowest BCUT2D eigenvalue weighted by atomic mass is 10.1. The van der Waals surface area contributed by atoms with Crippen molar-refractivity contribution in [1.29, 1.82) is 0 Å². The molecular weight excluding hydrogens is 1610 g/mol. The van der Waals surface area contributed by atoms with Crippen LogP contribution in [-0.2, 0) is 12.7 Å². The zero-order valence-corrected chi connectivity index (χ0v) is 67.0. The van der Waals surface area contributed by atoms with E-state index in [9.17, 15) is 22.8 Å². The number of nitrogens with one attached hydrogen (secondary N) is 10. The van der Waals surface area contributed by atoms with Gasteiger partial charge in [0.15, 0.2) is 25.6 Å². The molecule has 0 bridgehead atoms. The third-order valence-corrected chi connectivity index (χ3v) is 16.2. The van der Waals surface area contributed by atoms with Gasteiger partial charge in [0.25, 0.3) is 0 Å². The number of rotatable bonds is 24. The molecule has 6 aromatic carbocycles. The van der Waals surface area contributed by atoms with Crippen LogP contribution in [0.4, 0.5) is 13.2 Å². The molecule has 592 valence electrons. The van der Waals surface area contributed by atoms with E-state index in [4.69, 9.17) is 121 Å². The van der Waals surface area contributed by atoms with Crippen LogP contribution in [0.1, 0.15) is 88.3 Å². The number of halogens is 5. The van der Waals surface area contributed by atoms with Crippen molar-refractivity contribution in [3.63, 3.8) is 0 Å². The Morgan fingerprint density at radius 1 is 0.412 bits per heavy atom. The van der Waals surface area contributed by atoms with E-state index in [1.54, 1.807) is 80.2 Å². The summed E-state index contributed by atoms with van der Waals surface area (Å²) in [7, 11) is 1.64. The molecule has 0 amide bonds. The van der Waals surface area contributed by atoms with Crippen molar-refractivity contribution >= 4 is 153 Å². The Hall–Kier alpha value is -12.4. The Bertz CT molecular complexity index is 5110. The summed E-state index contributed by atoms with van der Waals surface area (Å²) in [4.78, 5) is 21.8. The van der Waals surface area contributed by atoms with Gasteiger partial charge in [-0.25, -0.2) is 9.59 Å². The lowest BCUT2D eigenvalue weighted by molar-refractivity contribution is -0.137. The second-order valence-electron chi connectivity index (χ2n) is 22.7. The maximum atomic E-state index is 12.5. The highest BCUT2D eigenvalue weighted by atomic mass is 35.5. The van der Waals surface area contributed by atoms with Crippen molar-refractivity contribution in [1.82, 2.24) is 53.7 Å². The van der Waals surface area contributed by atoms with Crippen LogP contribution in [0.3, 0.4) is 0 Å². The molecule has 114 heavy (non-hydrogen) atoms. The Balaban J connectivity index is 0.000000198. The molecule has 0 atom stereocenters. The van der Waals surface area contributed by atoms with Crippen molar-refractivity contribution < 1.29 is 59.8 Å². The highest BCUT2D eigenvalue weighted by Crippen LogP contribution is 2.33. The number of nitrogens with zero attached hydrogens (tertiary/aromatic N) is 5. The summed E-state index contributed by atoms with van der Waals surface area (Å²) in [6, 6.07) is 58.7. The fourth-order valence-electron chi connectivity index (χ4n) is 9.12. The van der Waals surface area contributed by atoms with E-state index in [1.807, 2.05) is 131 Å². The van der Waals surface area contributed by atoms with E-state index in [0.717, 1.165) is 64.7 Å². The first kappa shape index (κ1) is 88.8. The average molecular weight is 1680 g/mol. The number of aromatic carboxylic acids is 2. The van der Waals surface area contributed by atoms with Crippen LogP contribution < -0.4 is 58.4 Å². The Morgan fingerprint density at radius 2 is 0.754 bits per heavy atom. The van der Waals surface area contributed by atoms with Crippen molar-refractivity contribution in [3.8, 4) is 62.4 Å². The van der Waals surface area contributed by atoms with Gasteiger partial charge in [-0.15, -0.1) is 0 Å². The number of hydrazone groups is 5. The molecule has 5 heterocycles. The molecule has 11 aromatic rings. The fourth-order valence-corrected chi connectivity index (χ4v) is 10.5. The van der Waals surface area contributed by atoms with Gasteiger partial charge >= 0.3 is 18.1 Å². The number of alkyl halides is 3. The first-order valence-corrected chi connectivity index (χ1v) is 37.1. The molecule has 0 spiro atoms. The number of hydrogen-bond acceptors (Lipinski definition) is 18. The van der Waals surface area contributed by atoms with E-state index in [1.165, 1.54) is 49.0 Å². The molecule has 11 rings (SSSR count). The monoisotopic (exact) mass is 1680 g/mol. The first-order valence-electron chi connectivity index (χ1n) is 34.3. The number of hydrogen-bond donors (Lipinski definition) is 12. The topological polar surface area (TPSA) is 332 Å². The summed E-state index contributed by atoms with van der Waals surface area (Å²) in [6.07, 6.45) is 3.23. The molecule has 0 saturated heterocycles. The van der Waals surface area contributed by atoms with E-state index in [-0.39, 0.29) is 16.1 Å². The SMILES string of the molecule is CCNC(=S)N/N=C/c1ccc(-c2ccc(C(F)(F)F)cc2)o1.CCNC(=S)N/N=C/c1ccc(-c2ccc(OC)cc2)o1.CCNC(=S)N/N=C/c1ccc(-c2cccc(Cl)c2)o1.CCNC(=S)N/N=C\c1ccc(-c2ccc(C(=O)O)c(Cl)c2)o1.O=C(O)c1ccc(-c2ccc(/C=N/NC(=S)NCc3ccccc3)o2)cc1. The van der Waals surface area contributed by atoms with Crippen LogP contribution in [0.15, 0.2) is 254 Å². The van der Waals surface area contributed by atoms with Gasteiger partial charge in [-0.3, -0.25) is 27.1 Å². The van der Waals surface area contributed by atoms with E-state index in [2.05, 4.69) is 79.2 Å². The number of carboxylic acid groups (broad SMARTS) is 2. The second-order valence-corrected chi connectivity index (χ2v) is 25.5. The van der Waals surface area contributed by atoms with Crippen LogP contribution in [-0.4, -0.2) is 112 Å². The molecule has 0 saturated carbocycles. The predicted molar refractivity (Wildman–Crippen MR) is 461 cm³/mol. The van der Waals surface area contributed by atoms with Gasteiger partial charge in [0.1, 0.15) is 63.4 Å². The molecular formula is C79H76Cl2F3N15O10S5. The molecule has 5 aromatic heterocycles. The third-order valence-electron chi connectivity index (χ3n) is 14.4. The summed E-state index contributed by atoms with van der Waals surface area (Å²) in [5.74, 6) is 4.72. The maximum absolute atomic E-state index is 12.5. The van der Waals surface area contributed by atoms with Gasteiger partial charge < -0.3 is 63.6 Å². The number of benzene rings is 6. The van der Waals surface area contributed by atoms with Gasteiger partial charge in [0.2, 0.25) is 0 Å². The minimum absolute atomic E-state index is 0.0462. The average Bonchev–Trinajstić information content (AvgIpc) is 1.79. The summed E-state index contributed by atoms with van der Waals surface area (Å²) in [5.41, 5.74) is 18.0. The summed E-state index contributed by atoms with van der Waals surface area (Å²) in [6.45, 7) is 11.3. The minimum Gasteiger partial charge on any atom is -0.497 e. The lowest BCUT2D eigenvalue weighted by Gasteiger charge is -2.06. The normalized spacial score (nSPS) is 10.9. The molecule has 0 unspecified atom stereocenters. The predicted octanol–water partition coefficient (Wildman–Crippen LogP) is 16.7. The molecule has 0 aliphatic heterocycles. The van der Waals surface area contributed by atoms with Crippen molar-refractivity contribution in [2.24, 2.45) is 25.5 Å². The van der Waals surface area contributed by atoms with Crippen LogP contribution >= 0.6 is 84.3 Å². The van der Waals surface area contributed by atoms with Crippen LogP contribution in [0.2, 0.25) is 10.0 Å². The van der Waals surface area contributed by atoms with E-state index < -0.39 is 23.7 Å². The van der Waals surface area contributed by atoms with Gasteiger partial charge in [-0.05, 0) is 228 Å². The lowest BCUT2D eigenvalue weighted by Crippen LogP contribution is -2.31.